The second-order valence-corrected chi connectivity index (χ2v) is 7.27. The van der Waals surface area contributed by atoms with Gasteiger partial charge in [0.25, 0.3) is 0 Å². The fraction of sp³-hybridized carbons (Fsp3) is 0.450. The lowest BCUT2D eigenvalue weighted by atomic mass is 9.80. The van der Waals surface area contributed by atoms with Crippen LogP contribution in [0.2, 0.25) is 0 Å². The van der Waals surface area contributed by atoms with Gasteiger partial charge in [0.2, 0.25) is 13.6 Å². The molecule has 0 spiro atoms. The first-order valence-corrected chi connectivity index (χ1v) is 9.01. The maximum absolute atomic E-state index is 13.1. The van der Waals surface area contributed by atoms with E-state index in [1.165, 1.54) is 0 Å². The van der Waals surface area contributed by atoms with E-state index in [0.29, 0.717) is 12.2 Å². The van der Waals surface area contributed by atoms with Gasteiger partial charge in [0.05, 0.1) is 0 Å². The van der Waals surface area contributed by atoms with Crippen molar-refractivity contribution in [2.75, 3.05) is 33.7 Å². The molecule has 0 N–H and O–H groups in total. The number of carbonyl (C=O) groups is 1. The normalized spacial score (nSPS) is 27.3. The quantitative estimate of drug-likeness (QED) is 0.713. The molecule has 6 nitrogen and oxygen atoms in total. The number of hydrogen-bond acceptors (Lipinski definition) is 6. The summed E-state index contributed by atoms with van der Waals surface area (Å²) in [4.78, 5) is 15.4. The van der Waals surface area contributed by atoms with E-state index in [0.717, 1.165) is 47.9 Å². The highest BCUT2D eigenvalue weighted by atomic mass is 16.7. The number of benzene rings is 1. The van der Waals surface area contributed by atoms with Crippen molar-refractivity contribution < 1.29 is 23.7 Å². The number of allylic oxidation sites excluding steroid dienone is 2. The van der Waals surface area contributed by atoms with Gasteiger partial charge in [-0.1, -0.05) is 6.08 Å². The Morgan fingerprint density at radius 3 is 2.77 bits per heavy atom. The highest BCUT2D eigenvalue weighted by Gasteiger charge is 2.36. The van der Waals surface area contributed by atoms with Gasteiger partial charge in [-0.15, -0.1) is 0 Å². The van der Waals surface area contributed by atoms with E-state index in [1.807, 2.05) is 18.2 Å². The zero-order valence-corrected chi connectivity index (χ0v) is 14.7. The number of nitrogens with zero attached hydrogens (tertiary/aromatic N) is 1. The van der Waals surface area contributed by atoms with E-state index in [-0.39, 0.29) is 31.2 Å². The highest BCUT2D eigenvalue weighted by molar-refractivity contribution is 5.98. The minimum atomic E-state index is 0.0989. The molecule has 1 aromatic rings. The molecule has 1 aromatic carbocycles. The summed E-state index contributed by atoms with van der Waals surface area (Å²) in [7, 11) is 2.11. The highest BCUT2D eigenvalue weighted by Crippen LogP contribution is 2.40. The SMILES string of the molecule is CN1CCc2cc3c(cc2C(=O)CC2C=CC4=C(OCO4)C2C1)OCO3. The molecule has 0 saturated carbocycles. The zero-order valence-electron chi connectivity index (χ0n) is 14.7. The molecule has 2 unspecified atom stereocenters. The third kappa shape index (κ3) is 2.56. The number of Topliss-reactive ketones (excluding diaryl/α,β-unsaturated/α-hetero) is 1. The maximum atomic E-state index is 13.1. The van der Waals surface area contributed by atoms with Crippen LogP contribution in [0.15, 0.2) is 35.8 Å². The number of rotatable bonds is 0. The molecule has 6 heteroatoms. The van der Waals surface area contributed by atoms with E-state index in [9.17, 15) is 4.79 Å². The van der Waals surface area contributed by atoms with Gasteiger partial charge in [-0.2, -0.15) is 0 Å². The molecule has 5 rings (SSSR count). The number of fused-ring (bicyclic) bond motifs is 4. The molecule has 3 heterocycles. The largest absolute Gasteiger partial charge is 0.458 e. The minimum absolute atomic E-state index is 0.0989. The van der Waals surface area contributed by atoms with Gasteiger partial charge in [-0.25, -0.2) is 0 Å². The molecule has 2 atom stereocenters. The number of likely N-dealkylation sites (N-methyl/N-ethyl adjacent to an activating group) is 1. The fourth-order valence-corrected chi connectivity index (χ4v) is 4.20. The Labute approximate surface area is 152 Å². The van der Waals surface area contributed by atoms with Crippen LogP contribution >= 0.6 is 0 Å². The Morgan fingerprint density at radius 2 is 1.88 bits per heavy atom. The monoisotopic (exact) mass is 355 g/mol. The first-order chi connectivity index (χ1) is 12.7. The summed E-state index contributed by atoms with van der Waals surface area (Å²) in [5.74, 6) is 3.49. The summed E-state index contributed by atoms with van der Waals surface area (Å²) < 4.78 is 22.3. The lowest BCUT2D eigenvalue weighted by Crippen LogP contribution is -2.35. The fourth-order valence-electron chi connectivity index (χ4n) is 4.20. The molecule has 3 aliphatic heterocycles. The molecule has 0 radical (unpaired) electrons. The Hall–Kier alpha value is -2.47. The lowest BCUT2D eigenvalue weighted by molar-refractivity contribution is 0.0592. The molecule has 0 aromatic heterocycles. The van der Waals surface area contributed by atoms with Crippen molar-refractivity contribution in [2.45, 2.75) is 12.8 Å². The van der Waals surface area contributed by atoms with E-state index in [1.54, 1.807) is 0 Å². The van der Waals surface area contributed by atoms with E-state index < -0.39 is 0 Å². The second kappa shape index (κ2) is 6.06. The Bertz CT molecular complexity index is 828. The van der Waals surface area contributed by atoms with Crippen LogP contribution in [0.1, 0.15) is 22.3 Å². The molecule has 0 fully saturated rings. The zero-order chi connectivity index (χ0) is 17.7. The number of carbonyl (C=O) groups excluding carboxylic acids is 1. The molecule has 136 valence electrons. The molecule has 26 heavy (non-hydrogen) atoms. The molecule has 0 bridgehead atoms. The summed E-state index contributed by atoms with van der Waals surface area (Å²) in [6, 6.07) is 3.82. The second-order valence-electron chi connectivity index (χ2n) is 7.27. The van der Waals surface area contributed by atoms with Crippen molar-refractivity contribution in [1.82, 2.24) is 4.90 Å². The van der Waals surface area contributed by atoms with Crippen molar-refractivity contribution >= 4 is 5.78 Å². The van der Waals surface area contributed by atoms with Crippen molar-refractivity contribution in [3.63, 3.8) is 0 Å². The first kappa shape index (κ1) is 15.8. The number of ketones is 1. The molecule has 0 amide bonds. The van der Waals surface area contributed by atoms with Crippen LogP contribution in [0.5, 0.6) is 11.5 Å². The van der Waals surface area contributed by atoms with E-state index in [4.69, 9.17) is 18.9 Å². The Balaban J connectivity index is 1.52. The Kier molecular flexibility index (Phi) is 3.67. The van der Waals surface area contributed by atoms with E-state index >= 15 is 0 Å². The Morgan fingerprint density at radius 1 is 1.08 bits per heavy atom. The number of hydrogen-bond donors (Lipinski definition) is 0. The topological polar surface area (TPSA) is 57.2 Å². The summed E-state index contributed by atoms with van der Waals surface area (Å²) >= 11 is 0. The molecule has 0 saturated heterocycles. The van der Waals surface area contributed by atoms with Crippen LogP contribution in [0.25, 0.3) is 0 Å². The average molecular weight is 355 g/mol. The minimum Gasteiger partial charge on any atom is -0.458 e. The predicted octanol–water partition coefficient (Wildman–Crippen LogP) is 2.49. The van der Waals surface area contributed by atoms with Crippen LogP contribution in [0.3, 0.4) is 0 Å². The van der Waals surface area contributed by atoms with Crippen LogP contribution in [0.4, 0.5) is 0 Å². The number of ether oxygens (including phenoxy) is 4. The molecular weight excluding hydrogens is 334 g/mol. The van der Waals surface area contributed by atoms with Crippen LogP contribution in [-0.2, 0) is 15.9 Å². The van der Waals surface area contributed by atoms with Crippen molar-refractivity contribution in [3.8, 4) is 11.5 Å². The molecule has 1 aliphatic carbocycles. The standard InChI is InChI=1S/C20H21NO5/c1-21-5-4-13-7-18-19(25-10-24-18)8-14(13)16(22)6-12-2-3-17-20(15(12)9-21)26-11-23-17/h2-3,7-8,12,15H,4-6,9-11H2,1H3. The van der Waals surface area contributed by atoms with Crippen molar-refractivity contribution in [1.29, 1.82) is 0 Å². The van der Waals surface area contributed by atoms with Gasteiger partial charge in [0.15, 0.2) is 23.0 Å². The third-order valence-electron chi connectivity index (χ3n) is 5.61. The average Bonchev–Trinajstić information content (AvgIpc) is 3.28. The van der Waals surface area contributed by atoms with Gasteiger partial charge in [-0.05, 0) is 43.2 Å². The summed E-state index contributed by atoms with van der Waals surface area (Å²) in [6.07, 6.45) is 5.29. The van der Waals surface area contributed by atoms with Gasteiger partial charge < -0.3 is 23.8 Å². The van der Waals surface area contributed by atoms with Gasteiger partial charge in [0.1, 0.15) is 5.76 Å². The van der Waals surface area contributed by atoms with Crippen LogP contribution in [0, 0.1) is 11.8 Å². The summed E-state index contributed by atoms with van der Waals surface area (Å²) in [5.41, 5.74) is 1.78. The lowest BCUT2D eigenvalue weighted by Gasteiger charge is -2.32. The van der Waals surface area contributed by atoms with Crippen molar-refractivity contribution in [3.05, 3.63) is 46.9 Å². The summed E-state index contributed by atoms with van der Waals surface area (Å²) in [5, 5.41) is 0. The van der Waals surface area contributed by atoms with Crippen LogP contribution in [-0.4, -0.2) is 44.4 Å². The molecule has 4 aliphatic rings. The van der Waals surface area contributed by atoms with Gasteiger partial charge in [0, 0.05) is 31.0 Å². The van der Waals surface area contributed by atoms with Gasteiger partial charge >= 0.3 is 0 Å². The predicted molar refractivity (Wildman–Crippen MR) is 92.9 cm³/mol. The van der Waals surface area contributed by atoms with Crippen LogP contribution < -0.4 is 9.47 Å². The van der Waals surface area contributed by atoms with Gasteiger partial charge in [-0.3, -0.25) is 4.79 Å². The van der Waals surface area contributed by atoms with Crippen molar-refractivity contribution in [2.24, 2.45) is 11.8 Å². The molecular formula is C20H21NO5. The first-order valence-electron chi connectivity index (χ1n) is 9.01. The van der Waals surface area contributed by atoms with E-state index in [2.05, 4.69) is 18.0 Å². The maximum Gasteiger partial charge on any atom is 0.231 e. The summed E-state index contributed by atoms with van der Waals surface area (Å²) in [6.45, 7) is 2.18. The smallest absolute Gasteiger partial charge is 0.231 e. The third-order valence-corrected chi connectivity index (χ3v) is 5.61.